The van der Waals surface area contributed by atoms with Gasteiger partial charge in [0, 0.05) is 0 Å². The van der Waals surface area contributed by atoms with Crippen LogP contribution in [0.1, 0.15) is 15.9 Å². The lowest BCUT2D eigenvalue weighted by atomic mass is 10.1. The van der Waals surface area contributed by atoms with E-state index in [2.05, 4.69) is 9.72 Å². The molecule has 0 fully saturated rings. The minimum absolute atomic E-state index is 0.354. The van der Waals surface area contributed by atoms with Crippen molar-refractivity contribution in [1.82, 2.24) is 4.98 Å². The lowest BCUT2D eigenvalue weighted by molar-refractivity contribution is 0.0601. The zero-order chi connectivity index (χ0) is 10.8. The summed E-state index contributed by atoms with van der Waals surface area (Å²) in [6.07, 6.45) is 0. The number of carbonyl (C=O) groups is 1. The fraction of sp³-hybridized carbons (Fsp3) is 0.100. The third-order valence-electron chi connectivity index (χ3n) is 1.97. The van der Waals surface area contributed by atoms with Crippen molar-refractivity contribution in [1.29, 1.82) is 5.26 Å². The van der Waals surface area contributed by atoms with E-state index in [1.807, 2.05) is 6.07 Å². The second kappa shape index (κ2) is 3.67. The normalized spacial score (nSPS) is 9.87. The Balaban J connectivity index is 2.70. The van der Waals surface area contributed by atoms with Crippen molar-refractivity contribution < 1.29 is 9.53 Å². The van der Waals surface area contributed by atoms with Crippen molar-refractivity contribution in [2.75, 3.05) is 7.11 Å². The molecule has 1 heterocycles. The lowest BCUT2D eigenvalue weighted by Gasteiger charge is -1.99. The predicted octanol–water partition coefficient (Wildman–Crippen LogP) is 1.95. The van der Waals surface area contributed by atoms with Crippen LogP contribution in [0.25, 0.3) is 10.2 Å². The van der Waals surface area contributed by atoms with Gasteiger partial charge in [0.2, 0.25) is 0 Å². The summed E-state index contributed by atoms with van der Waals surface area (Å²) in [6.45, 7) is 0. The van der Waals surface area contributed by atoms with Gasteiger partial charge in [-0.1, -0.05) is 0 Å². The van der Waals surface area contributed by atoms with Gasteiger partial charge in [-0.15, -0.1) is 11.3 Å². The van der Waals surface area contributed by atoms with E-state index in [0.29, 0.717) is 16.6 Å². The summed E-state index contributed by atoms with van der Waals surface area (Å²) in [4.78, 5) is 15.4. The summed E-state index contributed by atoms with van der Waals surface area (Å²) in [7, 11) is 1.31. The summed E-state index contributed by atoms with van der Waals surface area (Å²) in [5.74, 6) is -0.457. The van der Waals surface area contributed by atoms with Crippen molar-refractivity contribution in [2.24, 2.45) is 0 Å². The zero-order valence-electron chi connectivity index (χ0n) is 7.85. The fourth-order valence-corrected chi connectivity index (χ4v) is 2.02. The number of benzene rings is 1. The number of nitriles is 1. The van der Waals surface area contributed by atoms with Crippen molar-refractivity contribution in [3.05, 3.63) is 28.8 Å². The molecule has 2 rings (SSSR count). The first-order valence-electron chi connectivity index (χ1n) is 4.12. The Labute approximate surface area is 89.7 Å². The average Bonchev–Trinajstić information content (AvgIpc) is 2.74. The van der Waals surface area contributed by atoms with E-state index in [0.717, 1.165) is 4.70 Å². The Kier molecular flexibility index (Phi) is 2.35. The molecule has 0 bridgehead atoms. The lowest BCUT2D eigenvalue weighted by Crippen LogP contribution is -2.01. The predicted molar refractivity (Wildman–Crippen MR) is 55.7 cm³/mol. The second-order valence-corrected chi connectivity index (χ2v) is 3.68. The molecule has 0 saturated carbocycles. The summed E-state index contributed by atoms with van der Waals surface area (Å²) < 4.78 is 5.38. The van der Waals surface area contributed by atoms with Gasteiger partial charge in [-0.05, 0) is 12.1 Å². The van der Waals surface area contributed by atoms with Crippen LogP contribution in [0.4, 0.5) is 0 Å². The van der Waals surface area contributed by atoms with Crippen LogP contribution in [0.15, 0.2) is 17.6 Å². The van der Waals surface area contributed by atoms with E-state index < -0.39 is 5.97 Å². The fourth-order valence-electron chi connectivity index (χ4n) is 1.29. The number of hydrogen-bond acceptors (Lipinski definition) is 5. The molecule has 0 aliphatic rings. The number of methoxy groups -OCH3 is 1. The van der Waals surface area contributed by atoms with Gasteiger partial charge in [0.1, 0.15) is 6.07 Å². The molecule has 0 radical (unpaired) electrons. The van der Waals surface area contributed by atoms with Crippen LogP contribution in [-0.2, 0) is 4.74 Å². The van der Waals surface area contributed by atoms with Gasteiger partial charge in [0.25, 0.3) is 0 Å². The highest BCUT2D eigenvalue weighted by Gasteiger charge is 2.11. The Bertz CT molecular complexity index is 568. The number of esters is 1. The highest BCUT2D eigenvalue weighted by molar-refractivity contribution is 7.17. The molecular weight excluding hydrogens is 212 g/mol. The third-order valence-corrected chi connectivity index (χ3v) is 2.85. The van der Waals surface area contributed by atoms with Gasteiger partial charge < -0.3 is 4.74 Å². The molecular formula is C10H6N2O2S. The van der Waals surface area contributed by atoms with E-state index in [9.17, 15) is 4.79 Å². The first-order chi connectivity index (χ1) is 7.26. The Morgan fingerprint density at radius 1 is 1.60 bits per heavy atom. The number of ether oxygens (including phenoxy) is 1. The minimum Gasteiger partial charge on any atom is -0.465 e. The van der Waals surface area contributed by atoms with Crippen molar-refractivity contribution in [3.8, 4) is 6.07 Å². The Morgan fingerprint density at radius 2 is 2.40 bits per heavy atom. The molecule has 0 aliphatic heterocycles. The van der Waals surface area contributed by atoms with Crippen LogP contribution in [0.5, 0.6) is 0 Å². The maximum Gasteiger partial charge on any atom is 0.337 e. The Hall–Kier alpha value is -1.93. The van der Waals surface area contributed by atoms with Crippen LogP contribution in [0.3, 0.4) is 0 Å². The van der Waals surface area contributed by atoms with Crippen LogP contribution in [-0.4, -0.2) is 18.1 Å². The highest BCUT2D eigenvalue weighted by Crippen LogP contribution is 2.23. The molecule has 0 spiro atoms. The molecule has 0 amide bonds. The average molecular weight is 218 g/mol. The molecule has 1 aromatic heterocycles. The quantitative estimate of drug-likeness (QED) is 0.686. The third kappa shape index (κ3) is 1.55. The molecule has 0 saturated heterocycles. The number of fused-ring (bicyclic) bond motifs is 1. The van der Waals surface area contributed by atoms with Crippen LogP contribution < -0.4 is 0 Å². The van der Waals surface area contributed by atoms with Gasteiger partial charge in [-0.25, -0.2) is 9.78 Å². The van der Waals surface area contributed by atoms with Crippen LogP contribution >= 0.6 is 11.3 Å². The van der Waals surface area contributed by atoms with E-state index in [1.165, 1.54) is 24.5 Å². The highest BCUT2D eigenvalue weighted by atomic mass is 32.1. The molecule has 74 valence electrons. The SMILES string of the molecule is COC(=O)c1cc(C#N)c2scnc2c1. The van der Waals surface area contributed by atoms with Gasteiger partial charge >= 0.3 is 5.97 Å². The van der Waals surface area contributed by atoms with Crippen molar-refractivity contribution in [3.63, 3.8) is 0 Å². The molecule has 0 N–H and O–H groups in total. The molecule has 0 aliphatic carbocycles. The molecule has 15 heavy (non-hydrogen) atoms. The van der Waals surface area contributed by atoms with Crippen molar-refractivity contribution >= 4 is 27.5 Å². The number of aromatic nitrogens is 1. The number of thiazole rings is 1. The molecule has 2 aromatic rings. The first kappa shape index (κ1) is 9.62. The van der Waals surface area contributed by atoms with E-state index >= 15 is 0 Å². The maximum absolute atomic E-state index is 11.3. The summed E-state index contributed by atoms with van der Waals surface area (Å²) >= 11 is 1.38. The standard InChI is InChI=1S/C10H6N2O2S/c1-14-10(13)6-2-7(4-11)9-8(3-6)12-5-15-9/h2-3,5H,1H3. The second-order valence-electron chi connectivity index (χ2n) is 2.83. The smallest absolute Gasteiger partial charge is 0.337 e. The zero-order valence-corrected chi connectivity index (χ0v) is 8.67. The monoisotopic (exact) mass is 218 g/mol. The topological polar surface area (TPSA) is 63.0 Å². The molecule has 1 aromatic carbocycles. The van der Waals surface area contributed by atoms with Gasteiger partial charge in [-0.2, -0.15) is 5.26 Å². The van der Waals surface area contributed by atoms with E-state index in [-0.39, 0.29) is 0 Å². The van der Waals surface area contributed by atoms with Crippen molar-refractivity contribution in [2.45, 2.75) is 0 Å². The molecule has 5 heteroatoms. The van der Waals surface area contributed by atoms with Crippen LogP contribution in [0, 0.1) is 11.3 Å². The summed E-state index contributed by atoms with van der Waals surface area (Å²) in [5, 5.41) is 8.91. The van der Waals surface area contributed by atoms with E-state index in [4.69, 9.17) is 5.26 Å². The molecule has 4 nitrogen and oxygen atoms in total. The van der Waals surface area contributed by atoms with Gasteiger partial charge in [-0.3, -0.25) is 0 Å². The number of hydrogen-bond donors (Lipinski definition) is 0. The molecule has 0 unspecified atom stereocenters. The number of rotatable bonds is 1. The maximum atomic E-state index is 11.3. The number of carbonyl (C=O) groups excluding carboxylic acids is 1. The molecule has 0 atom stereocenters. The first-order valence-corrected chi connectivity index (χ1v) is 5.00. The van der Waals surface area contributed by atoms with Crippen LogP contribution in [0.2, 0.25) is 0 Å². The van der Waals surface area contributed by atoms with Gasteiger partial charge in [0.15, 0.2) is 0 Å². The number of nitrogens with zero attached hydrogens (tertiary/aromatic N) is 2. The largest absolute Gasteiger partial charge is 0.465 e. The minimum atomic E-state index is -0.457. The Morgan fingerprint density at radius 3 is 3.07 bits per heavy atom. The summed E-state index contributed by atoms with van der Waals surface area (Å²) in [6, 6.07) is 5.18. The summed E-state index contributed by atoms with van der Waals surface area (Å²) in [5.41, 5.74) is 3.11. The van der Waals surface area contributed by atoms with Gasteiger partial charge in [0.05, 0.1) is 34.0 Å². The van der Waals surface area contributed by atoms with E-state index in [1.54, 1.807) is 11.6 Å².